The summed E-state index contributed by atoms with van der Waals surface area (Å²) in [5.74, 6) is 0.871. The van der Waals surface area contributed by atoms with E-state index in [4.69, 9.17) is 27.9 Å². The Balaban J connectivity index is 1.74. The second-order valence-electron chi connectivity index (χ2n) is 7.26. The Morgan fingerprint density at radius 2 is 1.77 bits per heavy atom. The number of esters is 1. The maximum absolute atomic E-state index is 12.4. The maximum Gasteiger partial charge on any atom is 0.314 e. The van der Waals surface area contributed by atoms with E-state index in [-0.39, 0.29) is 22.5 Å². The lowest BCUT2D eigenvalue weighted by Crippen LogP contribution is -2.25. The number of hydrogen-bond donors (Lipinski definition) is 0. The fourth-order valence-electron chi connectivity index (χ4n) is 3.64. The molecule has 26 heavy (non-hydrogen) atoms. The van der Waals surface area contributed by atoms with Gasteiger partial charge in [-0.25, -0.2) is 0 Å². The van der Waals surface area contributed by atoms with Gasteiger partial charge in [0.25, 0.3) is 5.24 Å². The Morgan fingerprint density at radius 3 is 2.38 bits per heavy atom. The summed E-state index contributed by atoms with van der Waals surface area (Å²) in [7, 11) is 0. The number of rotatable bonds is 9. The fourth-order valence-corrected chi connectivity index (χ4v) is 4.11. The minimum Gasteiger partial charge on any atom is -0.426 e. The molecule has 3 nitrogen and oxygen atoms in total. The molecule has 1 aromatic carbocycles. The molecular weight excluding hydrogens is 371 g/mol. The predicted octanol–water partition coefficient (Wildman–Crippen LogP) is 6.79. The van der Waals surface area contributed by atoms with Crippen LogP contribution in [0.2, 0.25) is 5.02 Å². The van der Waals surface area contributed by atoms with Crippen LogP contribution in [0.3, 0.4) is 0 Å². The van der Waals surface area contributed by atoms with Crippen LogP contribution in [0.1, 0.15) is 81.5 Å². The van der Waals surface area contributed by atoms with Gasteiger partial charge in [-0.05, 0) is 55.3 Å². The van der Waals surface area contributed by atoms with Gasteiger partial charge in [0.2, 0.25) is 0 Å². The van der Waals surface area contributed by atoms with Crippen molar-refractivity contribution in [3.05, 3.63) is 28.8 Å². The molecule has 0 saturated heterocycles. The predicted molar refractivity (Wildman–Crippen MR) is 106 cm³/mol. The molecule has 5 heteroatoms. The monoisotopic (exact) mass is 398 g/mol. The highest BCUT2D eigenvalue weighted by Gasteiger charge is 2.27. The van der Waals surface area contributed by atoms with Crippen LogP contribution >= 0.6 is 23.2 Å². The number of carbonyl (C=O) groups excluding carboxylic acids is 2. The largest absolute Gasteiger partial charge is 0.426 e. The van der Waals surface area contributed by atoms with E-state index >= 15 is 0 Å². The molecule has 1 aromatic rings. The topological polar surface area (TPSA) is 43.4 Å². The van der Waals surface area contributed by atoms with Crippen LogP contribution in [-0.4, -0.2) is 11.2 Å². The molecule has 0 unspecified atom stereocenters. The molecule has 1 saturated carbocycles. The molecule has 0 heterocycles. The quantitative estimate of drug-likeness (QED) is 0.199. The zero-order chi connectivity index (χ0) is 18.9. The van der Waals surface area contributed by atoms with Crippen LogP contribution in [0, 0.1) is 11.8 Å². The van der Waals surface area contributed by atoms with Crippen LogP contribution < -0.4 is 4.74 Å². The summed E-state index contributed by atoms with van der Waals surface area (Å²) in [4.78, 5) is 23.6. The van der Waals surface area contributed by atoms with Crippen molar-refractivity contribution in [2.24, 2.45) is 11.8 Å². The fraction of sp³-hybridized carbons (Fsp3) is 0.619. The van der Waals surface area contributed by atoms with Gasteiger partial charge < -0.3 is 4.74 Å². The average Bonchev–Trinajstić information content (AvgIpc) is 2.62. The summed E-state index contributed by atoms with van der Waals surface area (Å²) in [5.41, 5.74) is 0.215. The molecule has 0 N–H and O–H groups in total. The number of benzene rings is 1. The lowest BCUT2D eigenvalue weighted by molar-refractivity contribution is -0.140. The molecule has 0 spiro atoms. The summed E-state index contributed by atoms with van der Waals surface area (Å²) in [6.07, 6.45) is 11.9. The summed E-state index contributed by atoms with van der Waals surface area (Å²) in [5, 5.41) is -0.428. The van der Waals surface area contributed by atoms with E-state index in [0.717, 1.165) is 31.6 Å². The van der Waals surface area contributed by atoms with Crippen LogP contribution in [0.5, 0.6) is 5.75 Å². The van der Waals surface area contributed by atoms with E-state index in [1.807, 2.05) is 0 Å². The molecule has 1 aliphatic carbocycles. The lowest BCUT2D eigenvalue weighted by Gasteiger charge is -2.27. The van der Waals surface area contributed by atoms with Gasteiger partial charge >= 0.3 is 5.97 Å². The van der Waals surface area contributed by atoms with E-state index in [2.05, 4.69) is 6.92 Å². The number of carbonyl (C=O) groups is 2. The minimum atomic E-state index is -0.624. The third-order valence-electron chi connectivity index (χ3n) is 5.27. The second-order valence-corrected chi connectivity index (χ2v) is 8.01. The van der Waals surface area contributed by atoms with Crippen molar-refractivity contribution >= 4 is 34.4 Å². The van der Waals surface area contributed by atoms with Gasteiger partial charge in [-0.2, -0.15) is 0 Å². The van der Waals surface area contributed by atoms with Gasteiger partial charge in [-0.1, -0.05) is 57.0 Å². The highest BCUT2D eigenvalue weighted by Crippen LogP contribution is 2.33. The number of ether oxygens (including phenoxy) is 1. The minimum absolute atomic E-state index is 0.0422. The van der Waals surface area contributed by atoms with E-state index in [0.29, 0.717) is 5.75 Å². The molecule has 1 fully saturated rings. The van der Waals surface area contributed by atoms with E-state index in [9.17, 15) is 9.59 Å². The van der Waals surface area contributed by atoms with Crippen molar-refractivity contribution < 1.29 is 14.3 Å². The van der Waals surface area contributed by atoms with Gasteiger partial charge in [0.05, 0.1) is 16.5 Å². The molecule has 0 amide bonds. The zero-order valence-corrected chi connectivity index (χ0v) is 17.0. The first-order valence-corrected chi connectivity index (χ1v) is 10.5. The summed E-state index contributed by atoms with van der Waals surface area (Å²) < 4.78 is 5.45. The molecule has 0 bridgehead atoms. The number of hydrogen-bond acceptors (Lipinski definition) is 3. The first-order chi connectivity index (χ1) is 12.5. The van der Waals surface area contributed by atoms with Gasteiger partial charge in [-0.15, -0.1) is 0 Å². The first kappa shape index (κ1) is 21.2. The van der Waals surface area contributed by atoms with Gasteiger partial charge in [0, 0.05) is 6.07 Å². The Morgan fingerprint density at radius 1 is 1.08 bits per heavy atom. The van der Waals surface area contributed by atoms with E-state index in [1.54, 1.807) is 6.07 Å². The molecule has 0 aromatic heterocycles. The average molecular weight is 399 g/mol. The molecule has 0 aliphatic heterocycles. The standard InChI is InChI=1S/C21H28Cl2O3/c1-2-3-4-5-6-7-15-8-10-16(11-9-15)21(25)26-17-12-13-18(20(23)24)19(22)14-17/h12-16H,2-11H2,1H3/t15-,16-. The normalized spacial score (nSPS) is 20.0. The molecule has 0 atom stereocenters. The lowest BCUT2D eigenvalue weighted by atomic mass is 9.80. The van der Waals surface area contributed by atoms with Gasteiger partial charge in [-0.3, -0.25) is 9.59 Å². The first-order valence-electron chi connectivity index (χ1n) is 9.72. The smallest absolute Gasteiger partial charge is 0.314 e. The zero-order valence-electron chi connectivity index (χ0n) is 15.4. The molecular formula is C21H28Cl2O3. The molecule has 1 aliphatic rings. The third-order valence-corrected chi connectivity index (χ3v) is 5.78. The van der Waals surface area contributed by atoms with Crippen molar-refractivity contribution in [3.63, 3.8) is 0 Å². The number of unbranched alkanes of at least 4 members (excludes halogenated alkanes) is 4. The Labute approximate surface area is 166 Å². The van der Waals surface area contributed by atoms with E-state index in [1.165, 1.54) is 50.7 Å². The van der Waals surface area contributed by atoms with Crippen molar-refractivity contribution in [2.75, 3.05) is 0 Å². The van der Waals surface area contributed by atoms with Crippen LogP contribution in [0.15, 0.2) is 18.2 Å². The molecule has 2 rings (SSSR count). The molecule has 0 radical (unpaired) electrons. The Bertz CT molecular complexity index is 607. The highest BCUT2D eigenvalue weighted by atomic mass is 35.5. The second kappa shape index (κ2) is 10.9. The summed E-state index contributed by atoms with van der Waals surface area (Å²) in [6.45, 7) is 2.24. The van der Waals surface area contributed by atoms with Crippen molar-refractivity contribution in [1.82, 2.24) is 0 Å². The highest BCUT2D eigenvalue weighted by molar-refractivity contribution is 6.68. The van der Waals surface area contributed by atoms with Crippen molar-refractivity contribution in [2.45, 2.75) is 71.1 Å². The SMILES string of the molecule is CCCCCCC[C@H]1CC[C@H](C(=O)Oc2ccc(C(=O)Cl)c(Cl)c2)CC1. The van der Waals surface area contributed by atoms with Crippen molar-refractivity contribution in [3.8, 4) is 5.75 Å². The van der Waals surface area contributed by atoms with Crippen LogP contribution in [-0.2, 0) is 4.79 Å². The van der Waals surface area contributed by atoms with Crippen LogP contribution in [0.4, 0.5) is 0 Å². The third kappa shape index (κ3) is 6.59. The number of halogens is 2. The maximum atomic E-state index is 12.4. The summed E-state index contributed by atoms with van der Waals surface area (Å²) >= 11 is 11.4. The van der Waals surface area contributed by atoms with E-state index < -0.39 is 5.24 Å². The Kier molecular flexibility index (Phi) is 8.94. The summed E-state index contributed by atoms with van der Waals surface area (Å²) in [6, 6.07) is 4.51. The van der Waals surface area contributed by atoms with Crippen molar-refractivity contribution in [1.29, 1.82) is 0 Å². The van der Waals surface area contributed by atoms with Gasteiger partial charge in [0.15, 0.2) is 0 Å². The van der Waals surface area contributed by atoms with Gasteiger partial charge in [0.1, 0.15) is 5.75 Å². The Hall–Kier alpha value is -1.06. The van der Waals surface area contributed by atoms with Crippen LogP contribution in [0.25, 0.3) is 0 Å². The molecule has 144 valence electrons.